The van der Waals surface area contributed by atoms with Gasteiger partial charge in [-0.05, 0) is 45.5 Å². The number of hydrogen-bond donors (Lipinski definition) is 2. The highest BCUT2D eigenvalue weighted by molar-refractivity contribution is 5.08. The first-order chi connectivity index (χ1) is 7.77. The van der Waals surface area contributed by atoms with Crippen LogP contribution in [0.3, 0.4) is 0 Å². The number of nitrogens with one attached hydrogen (secondary N) is 2. The van der Waals surface area contributed by atoms with Gasteiger partial charge in [-0.2, -0.15) is 0 Å². The Labute approximate surface area is 98.2 Å². The van der Waals surface area contributed by atoms with Crippen LogP contribution in [0.1, 0.15) is 37.9 Å². The first-order valence-corrected chi connectivity index (χ1v) is 6.34. The molecule has 0 amide bonds. The van der Waals surface area contributed by atoms with Crippen LogP contribution in [0.25, 0.3) is 0 Å². The van der Waals surface area contributed by atoms with Crippen molar-refractivity contribution >= 4 is 0 Å². The van der Waals surface area contributed by atoms with Crippen LogP contribution in [0.5, 0.6) is 0 Å². The van der Waals surface area contributed by atoms with E-state index in [2.05, 4.69) is 41.3 Å². The van der Waals surface area contributed by atoms with Crippen molar-refractivity contribution in [2.45, 2.75) is 38.3 Å². The molecule has 16 heavy (non-hydrogen) atoms. The largest absolute Gasteiger partial charge is 0.364 e. The fourth-order valence-corrected chi connectivity index (χ4v) is 2.43. The van der Waals surface area contributed by atoms with Crippen molar-refractivity contribution < 1.29 is 0 Å². The van der Waals surface area contributed by atoms with E-state index in [1.54, 1.807) is 0 Å². The summed E-state index contributed by atoms with van der Waals surface area (Å²) in [5, 5.41) is 3.60. The Balaban J connectivity index is 1.84. The van der Waals surface area contributed by atoms with Gasteiger partial charge < -0.3 is 10.3 Å². The molecule has 90 valence electrons. The van der Waals surface area contributed by atoms with E-state index < -0.39 is 0 Å². The third-order valence-corrected chi connectivity index (χ3v) is 3.65. The third-order valence-electron chi connectivity index (χ3n) is 3.65. The molecular formula is C13H23N3. The monoisotopic (exact) mass is 221 g/mol. The number of H-pyrrole nitrogens is 1. The van der Waals surface area contributed by atoms with E-state index in [0.717, 1.165) is 6.54 Å². The van der Waals surface area contributed by atoms with E-state index in [1.165, 1.54) is 31.5 Å². The van der Waals surface area contributed by atoms with Crippen LogP contribution >= 0.6 is 0 Å². The quantitative estimate of drug-likeness (QED) is 0.816. The highest BCUT2D eigenvalue weighted by Crippen LogP contribution is 2.18. The summed E-state index contributed by atoms with van der Waals surface area (Å²) in [5.41, 5.74) is 1.30. The Hall–Kier alpha value is -0.800. The lowest BCUT2D eigenvalue weighted by Gasteiger charge is -2.31. The van der Waals surface area contributed by atoms with Gasteiger partial charge in [-0.25, -0.2) is 0 Å². The fourth-order valence-electron chi connectivity index (χ4n) is 2.43. The maximum absolute atomic E-state index is 3.60. The minimum atomic E-state index is 0.471. The standard InChI is InChI=1S/C13H23N3/c1-11(13-7-5-9-15-13)16(2)10-12-6-3-4-8-14-12/h5,7,9,11-12,14-15H,3-4,6,8,10H2,1-2H3/t11-,12-/m0/s1. The summed E-state index contributed by atoms with van der Waals surface area (Å²) in [7, 11) is 2.21. The van der Waals surface area contributed by atoms with Gasteiger partial charge in [0.2, 0.25) is 0 Å². The number of likely N-dealkylation sites (N-methyl/N-ethyl adjacent to an activating group) is 1. The molecule has 0 spiro atoms. The predicted octanol–water partition coefficient (Wildman–Crippen LogP) is 2.15. The molecule has 1 saturated heterocycles. The molecular weight excluding hydrogens is 198 g/mol. The number of piperidine rings is 1. The topological polar surface area (TPSA) is 31.1 Å². The molecule has 0 bridgehead atoms. The summed E-state index contributed by atoms with van der Waals surface area (Å²) in [6.45, 7) is 4.59. The maximum Gasteiger partial charge on any atom is 0.0467 e. The Morgan fingerprint density at radius 2 is 2.38 bits per heavy atom. The molecule has 1 aromatic heterocycles. The highest BCUT2D eigenvalue weighted by atomic mass is 15.2. The minimum Gasteiger partial charge on any atom is -0.364 e. The van der Waals surface area contributed by atoms with E-state index in [9.17, 15) is 0 Å². The van der Waals surface area contributed by atoms with Crippen LogP contribution in [-0.2, 0) is 0 Å². The van der Waals surface area contributed by atoms with Crippen LogP contribution in [0, 0.1) is 0 Å². The molecule has 0 aliphatic carbocycles. The molecule has 0 saturated carbocycles. The normalized spacial score (nSPS) is 23.6. The van der Waals surface area contributed by atoms with Gasteiger partial charge in [0.1, 0.15) is 0 Å². The summed E-state index contributed by atoms with van der Waals surface area (Å²) in [5.74, 6) is 0. The van der Waals surface area contributed by atoms with Gasteiger partial charge in [0, 0.05) is 30.5 Å². The Kier molecular flexibility index (Phi) is 4.02. The van der Waals surface area contributed by atoms with Crippen LogP contribution in [0.4, 0.5) is 0 Å². The highest BCUT2D eigenvalue weighted by Gasteiger charge is 2.18. The van der Waals surface area contributed by atoms with Crippen molar-refractivity contribution in [3.8, 4) is 0 Å². The first kappa shape index (κ1) is 11.7. The van der Waals surface area contributed by atoms with Gasteiger partial charge in [-0.15, -0.1) is 0 Å². The molecule has 2 heterocycles. The van der Waals surface area contributed by atoms with Crippen molar-refractivity contribution in [1.82, 2.24) is 15.2 Å². The summed E-state index contributed by atoms with van der Waals surface area (Å²) < 4.78 is 0. The van der Waals surface area contributed by atoms with Gasteiger partial charge in [-0.1, -0.05) is 6.42 Å². The number of hydrogen-bond acceptors (Lipinski definition) is 2. The number of nitrogens with zero attached hydrogens (tertiary/aromatic N) is 1. The average molecular weight is 221 g/mol. The fraction of sp³-hybridized carbons (Fsp3) is 0.692. The van der Waals surface area contributed by atoms with E-state index in [4.69, 9.17) is 0 Å². The number of rotatable bonds is 4. The van der Waals surface area contributed by atoms with Crippen molar-refractivity contribution in [3.63, 3.8) is 0 Å². The molecule has 3 heteroatoms. The molecule has 0 radical (unpaired) electrons. The van der Waals surface area contributed by atoms with Gasteiger partial charge in [0.25, 0.3) is 0 Å². The van der Waals surface area contributed by atoms with Crippen LogP contribution in [0.2, 0.25) is 0 Å². The lowest BCUT2D eigenvalue weighted by Crippen LogP contribution is -2.43. The molecule has 1 fully saturated rings. The zero-order chi connectivity index (χ0) is 11.4. The molecule has 0 aromatic carbocycles. The smallest absolute Gasteiger partial charge is 0.0467 e. The second-order valence-electron chi connectivity index (χ2n) is 4.89. The van der Waals surface area contributed by atoms with Crippen LogP contribution in [0.15, 0.2) is 18.3 Å². The number of aromatic nitrogens is 1. The van der Waals surface area contributed by atoms with Gasteiger partial charge >= 0.3 is 0 Å². The van der Waals surface area contributed by atoms with E-state index in [1.807, 2.05) is 6.20 Å². The van der Waals surface area contributed by atoms with Crippen molar-refractivity contribution in [1.29, 1.82) is 0 Å². The lowest BCUT2D eigenvalue weighted by molar-refractivity contribution is 0.212. The zero-order valence-electron chi connectivity index (χ0n) is 10.4. The second-order valence-corrected chi connectivity index (χ2v) is 4.89. The van der Waals surface area contributed by atoms with Crippen LogP contribution < -0.4 is 5.32 Å². The van der Waals surface area contributed by atoms with Gasteiger partial charge in [-0.3, -0.25) is 4.90 Å². The minimum absolute atomic E-state index is 0.471. The van der Waals surface area contributed by atoms with E-state index in [-0.39, 0.29) is 0 Å². The zero-order valence-corrected chi connectivity index (χ0v) is 10.4. The molecule has 1 aliphatic rings. The van der Waals surface area contributed by atoms with Crippen molar-refractivity contribution in [2.24, 2.45) is 0 Å². The van der Waals surface area contributed by atoms with Gasteiger partial charge in [0.15, 0.2) is 0 Å². The molecule has 3 nitrogen and oxygen atoms in total. The Morgan fingerprint density at radius 3 is 3.00 bits per heavy atom. The third kappa shape index (κ3) is 2.86. The molecule has 2 atom stereocenters. The van der Waals surface area contributed by atoms with Crippen molar-refractivity contribution in [3.05, 3.63) is 24.0 Å². The predicted molar refractivity (Wildman–Crippen MR) is 67.5 cm³/mol. The Morgan fingerprint density at radius 1 is 1.50 bits per heavy atom. The lowest BCUT2D eigenvalue weighted by atomic mass is 10.0. The molecule has 0 unspecified atom stereocenters. The number of aromatic amines is 1. The summed E-state index contributed by atoms with van der Waals surface area (Å²) in [6.07, 6.45) is 6.04. The Bertz CT molecular complexity index is 288. The van der Waals surface area contributed by atoms with Gasteiger partial charge in [0.05, 0.1) is 0 Å². The summed E-state index contributed by atoms with van der Waals surface area (Å²) in [4.78, 5) is 5.72. The SMILES string of the molecule is C[C@@H](c1ccc[nH]1)N(C)C[C@@H]1CCCCN1. The van der Waals surface area contributed by atoms with Crippen LogP contribution in [-0.4, -0.2) is 36.1 Å². The molecule has 2 rings (SSSR count). The average Bonchev–Trinajstić information content (AvgIpc) is 2.83. The summed E-state index contributed by atoms with van der Waals surface area (Å²) in [6, 6.07) is 5.38. The molecule has 2 N–H and O–H groups in total. The van der Waals surface area contributed by atoms with E-state index in [0.29, 0.717) is 12.1 Å². The van der Waals surface area contributed by atoms with E-state index >= 15 is 0 Å². The summed E-state index contributed by atoms with van der Waals surface area (Å²) >= 11 is 0. The first-order valence-electron chi connectivity index (χ1n) is 6.34. The molecule has 1 aliphatic heterocycles. The van der Waals surface area contributed by atoms with Crippen molar-refractivity contribution in [2.75, 3.05) is 20.1 Å². The second kappa shape index (κ2) is 5.51. The maximum atomic E-state index is 3.60. The molecule has 1 aromatic rings.